The number of amides is 1. The number of rotatable bonds is 3. The van der Waals surface area contributed by atoms with Crippen LogP contribution in [0.4, 0.5) is 0 Å². The normalized spacial score (nSPS) is 22.2. The fourth-order valence-electron chi connectivity index (χ4n) is 4.26. The summed E-state index contributed by atoms with van der Waals surface area (Å²) < 4.78 is 0. The summed E-state index contributed by atoms with van der Waals surface area (Å²) >= 11 is 0. The first kappa shape index (κ1) is 15.6. The molecule has 0 aromatic heterocycles. The van der Waals surface area contributed by atoms with Crippen molar-refractivity contribution >= 4 is 11.7 Å². The molecule has 5 heteroatoms. The standard InChI is InChI=1S/C21H22N4O/c26-19-7-6-17-13-22-21(25-11-8-18(23-19)20(17)25)16-5-3-4-15(12-16)14-24-9-1-2-10-24/h3-7,12-13H,1-2,8-11,14H2,(H,23,26). The van der Waals surface area contributed by atoms with Gasteiger partial charge in [0.15, 0.2) is 0 Å². The van der Waals surface area contributed by atoms with Crippen LogP contribution in [-0.2, 0) is 11.3 Å². The predicted octanol–water partition coefficient (Wildman–Crippen LogP) is 2.53. The van der Waals surface area contributed by atoms with Crippen molar-refractivity contribution in [2.24, 2.45) is 4.99 Å². The van der Waals surface area contributed by atoms with Gasteiger partial charge in [0.2, 0.25) is 5.91 Å². The van der Waals surface area contributed by atoms with Gasteiger partial charge in [0.1, 0.15) is 5.84 Å². The molecule has 1 amide bonds. The van der Waals surface area contributed by atoms with Crippen LogP contribution in [0.3, 0.4) is 0 Å². The van der Waals surface area contributed by atoms with Crippen molar-refractivity contribution in [3.8, 4) is 0 Å². The molecule has 0 bridgehead atoms. The van der Waals surface area contributed by atoms with Crippen LogP contribution in [-0.4, -0.2) is 41.2 Å². The van der Waals surface area contributed by atoms with Crippen molar-refractivity contribution in [3.63, 3.8) is 0 Å². The van der Waals surface area contributed by atoms with Gasteiger partial charge in [0.05, 0.1) is 5.70 Å². The van der Waals surface area contributed by atoms with E-state index < -0.39 is 0 Å². The minimum Gasteiger partial charge on any atom is -0.324 e. The Morgan fingerprint density at radius 2 is 2.00 bits per heavy atom. The van der Waals surface area contributed by atoms with Crippen LogP contribution in [0, 0.1) is 0 Å². The van der Waals surface area contributed by atoms with Crippen molar-refractivity contribution in [1.82, 2.24) is 15.1 Å². The molecule has 1 saturated heterocycles. The molecule has 5 nitrogen and oxygen atoms in total. The lowest BCUT2D eigenvalue weighted by Crippen LogP contribution is -2.31. The van der Waals surface area contributed by atoms with E-state index in [4.69, 9.17) is 4.99 Å². The van der Waals surface area contributed by atoms with Crippen molar-refractivity contribution in [2.75, 3.05) is 19.6 Å². The lowest BCUT2D eigenvalue weighted by Gasteiger charge is -2.28. The molecule has 0 unspecified atom stereocenters. The maximum absolute atomic E-state index is 11.9. The molecule has 0 atom stereocenters. The molecular weight excluding hydrogens is 324 g/mol. The highest BCUT2D eigenvalue weighted by atomic mass is 16.1. The first-order valence-corrected chi connectivity index (χ1v) is 9.38. The van der Waals surface area contributed by atoms with Gasteiger partial charge in [-0.2, -0.15) is 0 Å². The van der Waals surface area contributed by atoms with E-state index in [2.05, 4.69) is 39.4 Å². The Labute approximate surface area is 153 Å². The Morgan fingerprint density at radius 1 is 1.12 bits per heavy atom. The molecule has 1 N–H and O–H groups in total. The molecule has 4 aliphatic heterocycles. The number of likely N-dealkylation sites (tertiary alicyclic amines) is 1. The van der Waals surface area contributed by atoms with E-state index >= 15 is 0 Å². The van der Waals surface area contributed by atoms with Gasteiger partial charge in [-0.25, -0.2) is 4.99 Å². The summed E-state index contributed by atoms with van der Waals surface area (Å²) in [6.45, 7) is 4.26. The third-order valence-corrected chi connectivity index (χ3v) is 5.47. The molecule has 5 rings (SSSR count). The summed E-state index contributed by atoms with van der Waals surface area (Å²) in [5.41, 5.74) is 5.59. The SMILES string of the molecule is O=C1C=CC2=CN=C(c3cccc(CN4CCCC4)c3)N3CCC(=C23)N1. The first-order valence-electron chi connectivity index (χ1n) is 9.38. The van der Waals surface area contributed by atoms with Crippen LogP contribution in [0.25, 0.3) is 0 Å². The van der Waals surface area contributed by atoms with Crippen LogP contribution >= 0.6 is 0 Å². The zero-order chi connectivity index (χ0) is 17.5. The summed E-state index contributed by atoms with van der Waals surface area (Å²) in [6.07, 6.45) is 8.79. The van der Waals surface area contributed by atoms with Crippen LogP contribution < -0.4 is 5.32 Å². The highest BCUT2D eigenvalue weighted by Crippen LogP contribution is 2.34. The number of hydrogen-bond donors (Lipinski definition) is 1. The van der Waals surface area contributed by atoms with Gasteiger partial charge in [-0.3, -0.25) is 9.69 Å². The maximum Gasteiger partial charge on any atom is 0.248 e. The third kappa shape index (κ3) is 2.69. The number of benzene rings is 1. The van der Waals surface area contributed by atoms with Crippen molar-refractivity contribution in [3.05, 3.63) is 70.7 Å². The number of allylic oxidation sites excluding steroid dienone is 1. The molecule has 0 saturated carbocycles. The Hall–Kier alpha value is -2.66. The number of carbonyl (C=O) groups is 1. The summed E-state index contributed by atoms with van der Waals surface area (Å²) in [7, 11) is 0. The highest BCUT2D eigenvalue weighted by Gasteiger charge is 2.32. The lowest BCUT2D eigenvalue weighted by atomic mass is 10.1. The van der Waals surface area contributed by atoms with Gasteiger partial charge < -0.3 is 10.2 Å². The van der Waals surface area contributed by atoms with E-state index in [0.29, 0.717) is 0 Å². The van der Waals surface area contributed by atoms with Gasteiger partial charge in [-0.15, -0.1) is 0 Å². The smallest absolute Gasteiger partial charge is 0.248 e. The Morgan fingerprint density at radius 3 is 2.88 bits per heavy atom. The molecule has 4 heterocycles. The van der Waals surface area contributed by atoms with Crippen LogP contribution in [0.2, 0.25) is 0 Å². The number of hydrogen-bond acceptors (Lipinski definition) is 4. The summed E-state index contributed by atoms with van der Waals surface area (Å²) in [4.78, 5) is 21.4. The average molecular weight is 346 g/mol. The molecule has 26 heavy (non-hydrogen) atoms. The Bertz CT molecular complexity index is 887. The second-order valence-electron chi connectivity index (χ2n) is 7.27. The molecule has 1 aromatic carbocycles. The molecule has 0 radical (unpaired) electrons. The Kier molecular flexibility index (Phi) is 3.75. The quantitative estimate of drug-likeness (QED) is 0.915. The van der Waals surface area contributed by atoms with Gasteiger partial charge in [0.25, 0.3) is 0 Å². The molecule has 4 aliphatic rings. The lowest BCUT2D eigenvalue weighted by molar-refractivity contribution is -0.115. The zero-order valence-electron chi connectivity index (χ0n) is 14.7. The van der Waals surface area contributed by atoms with Crippen LogP contribution in [0.5, 0.6) is 0 Å². The number of nitrogens with zero attached hydrogens (tertiary/aromatic N) is 3. The zero-order valence-corrected chi connectivity index (χ0v) is 14.7. The van der Waals surface area contributed by atoms with E-state index in [1.165, 1.54) is 31.5 Å². The van der Waals surface area contributed by atoms with Crippen LogP contribution in [0.1, 0.15) is 30.4 Å². The fraction of sp³-hybridized carbons (Fsp3) is 0.333. The predicted molar refractivity (Wildman–Crippen MR) is 101 cm³/mol. The number of amidine groups is 1. The number of nitrogens with one attached hydrogen (secondary N) is 1. The Balaban J connectivity index is 1.48. The van der Waals surface area contributed by atoms with Crippen molar-refractivity contribution in [2.45, 2.75) is 25.8 Å². The number of carbonyl (C=O) groups excluding carboxylic acids is 1. The summed E-state index contributed by atoms with van der Waals surface area (Å²) in [5.74, 6) is 0.922. The molecular formula is C21H22N4O. The summed E-state index contributed by atoms with van der Waals surface area (Å²) in [6, 6.07) is 8.73. The van der Waals surface area contributed by atoms with E-state index in [9.17, 15) is 4.79 Å². The van der Waals surface area contributed by atoms with Gasteiger partial charge in [0, 0.05) is 48.6 Å². The molecule has 0 spiro atoms. The minimum absolute atomic E-state index is 0.0567. The maximum atomic E-state index is 11.9. The highest BCUT2D eigenvalue weighted by molar-refractivity contribution is 6.03. The van der Waals surface area contributed by atoms with Crippen LogP contribution in [0.15, 0.2) is 64.6 Å². The summed E-state index contributed by atoms with van der Waals surface area (Å²) in [5, 5.41) is 3.01. The topological polar surface area (TPSA) is 47.9 Å². The van der Waals surface area contributed by atoms with E-state index in [1.54, 1.807) is 6.08 Å². The van der Waals surface area contributed by atoms with Gasteiger partial charge >= 0.3 is 0 Å². The molecule has 132 valence electrons. The average Bonchev–Trinajstić information content (AvgIpc) is 3.27. The number of aliphatic imine (C=N–C) groups is 1. The van der Waals surface area contributed by atoms with E-state index in [1.807, 2.05) is 12.3 Å². The first-order chi connectivity index (χ1) is 12.8. The molecule has 1 aromatic rings. The third-order valence-electron chi connectivity index (χ3n) is 5.47. The minimum atomic E-state index is -0.0567. The van der Waals surface area contributed by atoms with E-state index in [-0.39, 0.29) is 5.91 Å². The second-order valence-corrected chi connectivity index (χ2v) is 7.27. The molecule has 0 aliphatic carbocycles. The van der Waals surface area contributed by atoms with E-state index in [0.717, 1.165) is 47.9 Å². The second kappa shape index (κ2) is 6.25. The molecule has 1 fully saturated rings. The fourth-order valence-corrected chi connectivity index (χ4v) is 4.26. The van der Waals surface area contributed by atoms with Crippen molar-refractivity contribution in [1.29, 1.82) is 0 Å². The van der Waals surface area contributed by atoms with Gasteiger partial charge in [-0.05, 0) is 43.6 Å². The monoisotopic (exact) mass is 346 g/mol. The van der Waals surface area contributed by atoms with Gasteiger partial charge in [-0.1, -0.05) is 18.2 Å². The largest absolute Gasteiger partial charge is 0.324 e. The van der Waals surface area contributed by atoms with Crippen molar-refractivity contribution < 1.29 is 4.79 Å².